The number of hydrogen-bond donors (Lipinski definition) is 0. The van der Waals surface area contributed by atoms with Crippen molar-refractivity contribution in [1.82, 2.24) is 4.57 Å². The van der Waals surface area contributed by atoms with Crippen LogP contribution in [0.3, 0.4) is 0 Å². The molecule has 34 heavy (non-hydrogen) atoms. The second-order valence-corrected chi connectivity index (χ2v) is 9.13. The molecule has 1 aliphatic heterocycles. The lowest BCUT2D eigenvalue weighted by Crippen LogP contribution is -2.13. The Bertz CT molecular complexity index is 1140. The van der Waals surface area contributed by atoms with Gasteiger partial charge in [-0.2, -0.15) is 0 Å². The zero-order valence-corrected chi connectivity index (χ0v) is 20.8. The Kier molecular flexibility index (Phi) is 7.84. The van der Waals surface area contributed by atoms with Gasteiger partial charge in [-0.3, -0.25) is 4.79 Å². The number of para-hydroxylation sites is 1. The molecule has 6 heteroatoms. The molecule has 0 amide bonds. The highest BCUT2D eigenvalue weighted by atomic mass is 35.5. The van der Waals surface area contributed by atoms with Crippen LogP contribution < -0.4 is 9.47 Å². The normalized spacial score (nSPS) is 16.8. The van der Waals surface area contributed by atoms with Crippen LogP contribution in [0.15, 0.2) is 54.7 Å². The Labute approximate surface area is 206 Å². The molecule has 0 fully saturated rings. The number of aryl methyl sites for hydroxylation is 1. The highest BCUT2D eigenvalue weighted by Crippen LogP contribution is 2.43. The first-order chi connectivity index (χ1) is 16.5. The molecule has 0 saturated heterocycles. The SMILES string of the molecule is CCOC(=O)C[C@@H]1CC(CCCc2cccc(OC)c2OC)c2cc(Cl)ccc2-n2cccc21. The summed E-state index contributed by atoms with van der Waals surface area (Å²) in [6, 6.07) is 16.3. The summed E-state index contributed by atoms with van der Waals surface area (Å²) >= 11 is 6.45. The van der Waals surface area contributed by atoms with Crippen molar-refractivity contribution < 1.29 is 19.0 Å². The summed E-state index contributed by atoms with van der Waals surface area (Å²) in [5, 5.41) is 0.732. The lowest BCUT2D eigenvalue weighted by Gasteiger charge is -2.21. The molecule has 0 aliphatic carbocycles. The number of carbonyl (C=O) groups excluding carboxylic acids is 1. The molecule has 1 aromatic heterocycles. The monoisotopic (exact) mass is 481 g/mol. The minimum Gasteiger partial charge on any atom is -0.493 e. The number of methoxy groups -OCH3 is 2. The number of ether oxygens (including phenoxy) is 3. The van der Waals surface area contributed by atoms with E-state index in [1.54, 1.807) is 14.2 Å². The van der Waals surface area contributed by atoms with Gasteiger partial charge in [-0.05, 0) is 86.1 Å². The molecule has 0 spiro atoms. The fourth-order valence-corrected chi connectivity index (χ4v) is 5.36. The van der Waals surface area contributed by atoms with Crippen molar-refractivity contribution in [1.29, 1.82) is 0 Å². The smallest absolute Gasteiger partial charge is 0.306 e. The molecule has 0 saturated carbocycles. The van der Waals surface area contributed by atoms with E-state index in [0.29, 0.717) is 13.0 Å². The third-order valence-corrected chi connectivity index (χ3v) is 6.89. The lowest BCUT2D eigenvalue weighted by atomic mass is 9.83. The molecule has 180 valence electrons. The molecule has 2 atom stereocenters. The van der Waals surface area contributed by atoms with Gasteiger partial charge in [-0.15, -0.1) is 0 Å². The van der Waals surface area contributed by atoms with Gasteiger partial charge in [0.05, 0.1) is 27.2 Å². The number of halogens is 1. The zero-order valence-electron chi connectivity index (χ0n) is 20.1. The quantitative estimate of drug-likeness (QED) is 0.319. The molecular weight excluding hydrogens is 450 g/mol. The Hall–Kier alpha value is -2.92. The van der Waals surface area contributed by atoms with Crippen molar-refractivity contribution >= 4 is 17.6 Å². The van der Waals surface area contributed by atoms with Gasteiger partial charge in [0, 0.05) is 28.5 Å². The second-order valence-electron chi connectivity index (χ2n) is 8.69. The van der Waals surface area contributed by atoms with Crippen LogP contribution in [0.4, 0.5) is 0 Å². The van der Waals surface area contributed by atoms with Gasteiger partial charge >= 0.3 is 5.97 Å². The fraction of sp³-hybridized carbons (Fsp3) is 0.393. The number of aromatic nitrogens is 1. The largest absolute Gasteiger partial charge is 0.493 e. The number of benzene rings is 2. The van der Waals surface area contributed by atoms with Crippen molar-refractivity contribution in [2.45, 2.75) is 50.9 Å². The van der Waals surface area contributed by atoms with E-state index >= 15 is 0 Å². The molecule has 2 heterocycles. The summed E-state index contributed by atoms with van der Waals surface area (Å²) in [5.41, 5.74) is 4.65. The average molecular weight is 482 g/mol. The number of hydrogen-bond acceptors (Lipinski definition) is 4. The van der Waals surface area contributed by atoms with Crippen molar-refractivity contribution in [3.63, 3.8) is 0 Å². The van der Waals surface area contributed by atoms with E-state index < -0.39 is 0 Å². The Balaban J connectivity index is 1.60. The van der Waals surface area contributed by atoms with Crippen molar-refractivity contribution in [2.24, 2.45) is 0 Å². The summed E-state index contributed by atoms with van der Waals surface area (Å²) in [7, 11) is 3.34. The fourth-order valence-electron chi connectivity index (χ4n) is 5.18. The predicted molar refractivity (Wildman–Crippen MR) is 135 cm³/mol. The van der Waals surface area contributed by atoms with Crippen LogP contribution in [0.25, 0.3) is 5.69 Å². The van der Waals surface area contributed by atoms with E-state index in [9.17, 15) is 4.79 Å². The Morgan fingerprint density at radius 3 is 2.71 bits per heavy atom. The van der Waals surface area contributed by atoms with E-state index in [2.05, 4.69) is 35.0 Å². The van der Waals surface area contributed by atoms with Crippen LogP contribution in [0.2, 0.25) is 5.02 Å². The zero-order chi connectivity index (χ0) is 24.1. The van der Waals surface area contributed by atoms with E-state index in [1.165, 1.54) is 5.56 Å². The highest BCUT2D eigenvalue weighted by molar-refractivity contribution is 6.30. The number of rotatable bonds is 9. The first-order valence-electron chi connectivity index (χ1n) is 11.9. The molecule has 0 radical (unpaired) electrons. The standard InChI is InChI=1S/C28H32ClNO4/c1-4-34-27(31)17-21-16-20(10-5-8-19-9-6-12-26(32-2)28(19)33-3)23-18-22(29)13-14-25(23)30-15-7-11-24(21)30/h6-7,9,11-15,18,20-21H,4-5,8,10,16-17H2,1-3H3/t20?,21-/m0/s1. The molecule has 1 unspecified atom stereocenters. The maximum absolute atomic E-state index is 12.4. The number of nitrogens with zero attached hydrogens (tertiary/aromatic N) is 1. The van der Waals surface area contributed by atoms with E-state index in [1.807, 2.05) is 31.2 Å². The van der Waals surface area contributed by atoms with Crippen LogP contribution in [0.1, 0.15) is 61.3 Å². The number of carbonyl (C=O) groups is 1. The molecule has 0 bridgehead atoms. The van der Waals surface area contributed by atoms with Gasteiger partial charge in [-0.1, -0.05) is 23.7 Å². The summed E-state index contributed by atoms with van der Waals surface area (Å²) in [6.07, 6.45) is 6.13. The maximum Gasteiger partial charge on any atom is 0.306 e. The summed E-state index contributed by atoms with van der Waals surface area (Å²) in [4.78, 5) is 12.4. The molecule has 0 N–H and O–H groups in total. The molecule has 3 aromatic rings. The van der Waals surface area contributed by atoms with Crippen molar-refractivity contribution in [3.8, 4) is 17.2 Å². The number of esters is 1. The van der Waals surface area contributed by atoms with Gasteiger partial charge in [0.2, 0.25) is 0 Å². The number of fused-ring (bicyclic) bond motifs is 3. The van der Waals surface area contributed by atoms with Crippen molar-refractivity contribution in [2.75, 3.05) is 20.8 Å². The van der Waals surface area contributed by atoms with E-state index in [0.717, 1.165) is 59.1 Å². The Morgan fingerprint density at radius 1 is 1.09 bits per heavy atom. The highest BCUT2D eigenvalue weighted by Gasteiger charge is 2.30. The Morgan fingerprint density at radius 2 is 1.94 bits per heavy atom. The van der Waals surface area contributed by atoms with Gasteiger partial charge in [0.15, 0.2) is 11.5 Å². The maximum atomic E-state index is 12.4. The van der Waals surface area contributed by atoms with Gasteiger partial charge in [-0.25, -0.2) is 0 Å². The lowest BCUT2D eigenvalue weighted by molar-refractivity contribution is -0.143. The van der Waals surface area contributed by atoms with Crippen LogP contribution >= 0.6 is 11.6 Å². The van der Waals surface area contributed by atoms with Crippen LogP contribution in [-0.2, 0) is 16.0 Å². The summed E-state index contributed by atoms with van der Waals surface area (Å²) in [5.74, 6) is 1.75. The molecule has 1 aliphatic rings. The summed E-state index contributed by atoms with van der Waals surface area (Å²) < 4.78 is 18.6. The van der Waals surface area contributed by atoms with E-state index in [4.69, 9.17) is 25.8 Å². The predicted octanol–water partition coefficient (Wildman–Crippen LogP) is 6.69. The average Bonchev–Trinajstić information content (AvgIpc) is 3.28. The van der Waals surface area contributed by atoms with Gasteiger partial charge in [0.1, 0.15) is 0 Å². The first kappa shape index (κ1) is 24.2. The van der Waals surface area contributed by atoms with Crippen LogP contribution in [-0.4, -0.2) is 31.4 Å². The molecule has 5 nitrogen and oxygen atoms in total. The minimum absolute atomic E-state index is 0.0802. The van der Waals surface area contributed by atoms with Crippen LogP contribution in [0.5, 0.6) is 11.5 Å². The van der Waals surface area contributed by atoms with E-state index in [-0.39, 0.29) is 17.8 Å². The topological polar surface area (TPSA) is 49.7 Å². The van der Waals surface area contributed by atoms with Gasteiger partial charge < -0.3 is 18.8 Å². The molecule has 2 aromatic carbocycles. The summed E-state index contributed by atoms with van der Waals surface area (Å²) in [6.45, 7) is 2.25. The third-order valence-electron chi connectivity index (χ3n) is 6.66. The minimum atomic E-state index is -0.149. The third kappa shape index (κ3) is 5.10. The van der Waals surface area contributed by atoms with Crippen molar-refractivity contribution in [3.05, 3.63) is 76.6 Å². The van der Waals surface area contributed by atoms with Gasteiger partial charge in [0.25, 0.3) is 0 Å². The van der Waals surface area contributed by atoms with Crippen LogP contribution in [0, 0.1) is 0 Å². The second kappa shape index (κ2) is 11.0. The molecular formula is C28H32ClNO4. The first-order valence-corrected chi connectivity index (χ1v) is 12.3. The molecule has 4 rings (SSSR count).